The lowest BCUT2D eigenvalue weighted by atomic mass is 9.87. The van der Waals surface area contributed by atoms with E-state index in [-0.39, 0.29) is 23.8 Å². The van der Waals surface area contributed by atoms with Crippen LogP contribution in [0, 0.1) is 5.92 Å². The van der Waals surface area contributed by atoms with Crippen molar-refractivity contribution in [2.45, 2.75) is 59.5 Å². The highest BCUT2D eigenvalue weighted by molar-refractivity contribution is 7.92. The van der Waals surface area contributed by atoms with Crippen LogP contribution >= 0.6 is 11.6 Å². The van der Waals surface area contributed by atoms with Gasteiger partial charge in [0.2, 0.25) is 21.8 Å². The molecule has 1 atom stereocenters. The maximum atomic E-state index is 13.6. The Morgan fingerprint density at radius 3 is 2.00 bits per heavy atom. The molecule has 7 nitrogen and oxygen atoms in total. The summed E-state index contributed by atoms with van der Waals surface area (Å²) in [4.78, 5) is 27.8. The van der Waals surface area contributed by atoms with Gasteiger partial charge >= 0.3 is 0 Å². The summed E-state index contributed by atoms with van der Waals surface area (Å²) in [6, 6.07) is 13.3. The minimum absolute atomic E-state index is 0.0988. The van der Waals surface area contributed by atoms with E-state index in [2.05, 4.69) is 26.1 Å². The largest absolute Gasteiger partial charge is 0.354 e. The molecule has 0 aliphatic carbocycles. The van der Waals surface area contributed by atoms with Crippen molar-refractivity contribution in [1.29, 1.82) is 0 Å². The van der Waals surface area contributed by atoms with Gasteiger partial charge in [0.15, 0.2) is 0 Å². The van der Waals surface area contributed by atoms with Crippen molar-refractivity contribution in [2.75, 3.05) is 23.7 Å². The van der Waals surface area contributed by atoms with Crippen LogP contribution in [0.2, 0.25) is 5.02 Å². The van der Waals surface area contributed by atoms with Crippen molar-refractivity contribution in [3.8, 4) is 0 Å². The van der Waals surface area contributed by atoms with Crippen LogP contribution in [0.4, 0.5) is 5.69 Å². The van der Waals surface area contributed by atoms with E-state index in [0.717, 1.165) is 21.7 Å². The molecule has 0 radical (unpaired) electrons. The molecule has 0 spiro atoms. The number of hydrogen-bond acceptors (Lipinski definition) is 4. The van der Waals surface area contributed by atoms with Gasteiger partial charge in [-0.25, -0.2) is 8.42 Å². The molecule has 0 aromatic heterocycles. The summed E-state index contributed by atoms with van der Waals surface area (Å²) < 4.78 is 26.5. The van der Waals surface area contributed by atoms with E-state index in [1.54, 1.807) is 43.3 Å². The molecule has 1 N–H and O–H groups in total. The number of benzene rings is 2. The lowest BCUT2D eigenvalue weighted by molar-refractivity contribution is -0.139. The zero-order valence-corrected chi connectivity index (χ0v) is 23.8. The van der Waals surface area contributed by atoms with Gasteiger partial charge in [0.25, 0.3) is 0 Å². The summed E-state index contributed by atoms with van der Waals surface area (Å²) in [7, 11) is -3.77. The number of halogens is 1. The Morgan fingerprint density at radius 1 is 0.972 bits per heavy atom. The Morgan fingerprint density at radius 2 is 1.53 bits per heavy atom. The Hall–Kier alpha value is -2.58. The standard InChI is InChI=1S/C27H38ClN3O4S/c1-19(2)16-29-26(33)20(3)30(17-21-8-12-23(28)13-9-21)25(32)18-31(36(7,34)35)24-14-10-22(11-15-24)27(4,5)6/h8-15,19-20H,16-18H2,1-7H3,(H,29,33). The lowest BCUT2D eigenvalue weighted by Gasteiger charge is -2.32. The van der Waals surface area contributed by atoms with E-state index in [0.29, 0.717) is 17.3 Å². The highest BCUT2D eigenvalue weighted by atomic mass is 35.5. The minimum Gasteiger partial charge on any atom is -0.354 e. The number of amides is 2. The number of nitrogens with one attached hydrogen (secondary N) is 1. The number of rotatable bonds is 10. The first kappa shape index (κ1) is 29.6. The SMILES string of the molecule is CC(C)CNC(=O)C(C)N(Cc1ccc(Cl)cc1)C(=O)CN(c1ccc(C(C)(C)C)cc1)S(C)(=O)=O. The summed E-state index contributed by atoms with van der Waals surface area (Å²) in [6.07, 6.45) is 1.07. The van der Waals surface area contributed by atoms with Crippen molar-refractivity contribution in [3.63, 3.8) is 0 Å². The Kier molecular flexibility index (Phi) is 9.97. The Bertz CT molecular complexity index is 1140. The average Bonchev–Trinajstić information content (AvgIpc) is 2.78. The second-order valence-corrected chi connectivity index (χ2v) is 12.9. The third-order valence-electron chi connectivity index (χ3n) is 5.82. The molecular formula is C27H38ClN3O4S. The van der Waals surface area contributed by atoms with Gasteiger partial charge in [-0.05, 0) is 53.6 Å². The number of sulfonamides is 1. The molecule has 2 aromatic carbocycles. The maximum Gasteiger partial charge on any atom is 0.244 e. The van der Waals surface area contributed by atoms with Crippen LogP contribution < -0.4 is 9.62 Å². The first-order valence-electron chi connectivity index (χ1n) is 12.0. The van der Waals surface area contributed by atoms with Gasteiger partial charge in [0.05, 0.1) is 11.9 Å². The number of anilines is 1. The van der Waals surface area contributed by atoms with Crippen LogP contribution in [-0.4, -0.2) is 50.5 Å². The first-order valence-corrected chi connectivity index (χ1v) is 14.2. The monoisotopic (exact) mass is 535 g/mol. The van der Waals surface area contributed by atoms with Crippen molar-refractivity contribution in [2.24, 2.45) is 5.92 Å². The van der Waals surface area contributed by atoms with Crippen LogP contribution in [0.5, 0.6) is 0 Å². The third-order valence-corrected chi connectivity index (χ3v) is 7.21. The maximum absolute atomic E-state index is 13.6. The summed E-state index contributed by atoms with van der Waals surface area (Å²) in [5.41, 5.74) is 2.11. The van der Waals surface area contributed by atoms with E-state index in [4.69, 9.17) is 11.6 Å². The fourth-order valence-electron chi connectivity index (χ4n) is 3.56. The predicted molar refractivity (Wildman–Crippen MR) is 147 cm³/mol. The van der Waals surface area contributed by atoms with Gasteiger partial charge in [-0.1, -0.05) is 70.5 Å². The smallest absolute Gasteiger partial charge is 0.244 e. The van der Waals surface area contributed by atoms with Crippen molar-refractivity contribution < 1.29 is 18.0 Å². The fourth-order valence-corrected chi connectivity index (χ4v) is 4.54. The average molecular weight is 536 g/mol. The fraction of sp³-hybridized carbons (Fsp3) is 0.481. The molecule has 2 amide bonds. The molecule has 0 bridgehead atoms. The number of carbonyl (C=O) groups is 2. The zero-order chi connectivity index (χ0) is 27.3. The summed E-state index contributed by atoms with van der Waals surface area (Å²) in [5.74, 6) is -0.535. The van der Waals surface area contributed by atoms with Crippen molar-refractivity contribution >= 4 is 39.1 Å². The predicted octanol–water partition coefficient (Wildman–Crippen LogP) is 4.59. The second-order valence-electron chi connectivity index (χ2n) is 10.5. The van der Waals surface area contributed by atoms with E-state index < -0.39 is 28.5 Å². The molecule has 1 unspecified atom stereocenters. The number of nitrogens with zero attached hydrogens (tertiary/aromatic N) is 2. The lowest BCUT2D eigenvalue weighted by Crippen LogP contribution is -2.51. The normalized spacial score (nSPS) is 12.8. The van der Waals surface area contributed by atoms with E-state index in [1.165, 1.54) is 4.90 Å². The van der Waals surface area contributed by atoms with Crippen LogP contribution in [0.25, 0.3) is 0 Å². The van der Waals surface area contributed by atoms with E-state index in [9.17, 15) is 18.0 Å². The van der Waals surface area contributed by atoms with Gasteiger partial charge in [-0.3, -0.25) is 13.9 Å². The molecule has 0 saturated heterocycles. The highest BCUT2D eigenvalue weighted by Gasteiger charge is 2.30. The quantitative estimate of drug-likeness (QED) is 0.482. The van der Waals surface area contributed by atoms with Crippen LogP contribution in [0.15, 0.2) is 48.5 Å². The molecule has 198 valence electrons. The topological polar surface area (TPSA) is 86.8 Å². The van der Waals surface area contributed by atoms with E-state index >= 15 is 0 Å². The number of carbonyl (C=O) groups excluding carboxylic acids is 2. The van der Waals surface area contributed by atoms with Gasteiger partial charge in [0.1, 0.15) is 12.6 Å². The van der Waals surface area contributed by atoms with Crippen molar-refractivity contribution in [1.82, 2.24) is 10.2 Å². The summed E-state index contributed by atoms with van der Waals surface area (Å²) in [5, 5.41) is 3.42. The second kappa shape index (κ2) is 12.1. The summed E-state index contributed by atoms with van der Waals surface area (Å²) in [6.45, 7) is 12.0. The van der Waals surface area contributed by atoms with Gasteiger partial charge < -0.3 is 10.2 Å². The first-order chi connectivity index (χ1) is 16.6. The Balaban J connectivity index is 2.37. The van der Waals surface area contributed by atoms with Crippen LogP contribution in [0.1, 0.15) is 52.7 Å². The zero-order valence-electron chi connectivity index (χ0n) is 22.2. The Labute approximate surface area is 220 Å². The molecular weight excluding hydrogens is 498 g/mol. The minimum atomic E-state index is -3.77. The molecule has 0 fully saturated rings. The van der Waals surface area contributed by atoms with Gasteiger partial charge in [0, 0.05) is 18.1 Å². The van der Waals surface area contributed by atoms with Gasteiger partial charge in [-0.15, -0.1) is 0 Å². The molecule has 2 aromatic rings. The number of hydrogen-bond donors (Lipinski definition) is 1. The molecule has 2 rings (SSSR count). The molecule has 0 aliphatic heterocycles. The van der Waals surface area contributed by atoms with E-state index in [1.807, 2.05) is 26.0 Å². The summed E-state index contributed by atoms with van der Waals surface area (Å²) >= 11 is 6.00. The van der Waals surface area contributed by atoms with Gasteiger partial charge in [-0.2, -0.15) is 0 Å². The molecule has 36 heavy (non-hydrogen) atoms. The molecule has 0 heterocycles. The highest BCUT2D eigenvalue weighted by Crippen LogP contribution is 2.26. The van der Waals surface area contributed by atoms with Crippen molar-refractivity contribution in [3.05, 3.63) is 64.7 Å². The third kappa shape index (κ3) is 8.52. The molecule has 9 heteroatoms. The molecule has 0 aliphatic rings. The molecule has 0 saturated carbocycles. The van der Waals surface area contributed by atoms with Crippen LogP contribution in [-0.2, 0) is 31.6 Å². The van der Waals surface area contributed by atoms with Crippen LogP contribution in [0.3, 0.4) is 0 Å².